The molecule has 2 rings (SSSR count). The lowest BCUT2D eigenvalue weighted by molar-refractivity contribution is -0.141. The summed E-state index contributed by atoms with van der Waals surface area (Å²) in [6.45, 7) is 1.99. The number of hydrogen-bond acceptors (Lipinski definition) is 5. The van der Waals surface area contributed by atoms with Crippen molar-refractivity contribution in [1.29, 1.82) is 0 Å². The second-order valence-electron chi connectivity index (χ2n) is 4.28. The number of nitrogen functional groups attached to an aromatic ring is 1. The molecule has 0 aliphatic carbocycles. The van der Waals surface area contributed by atoms with Gasteiger partial charge in [0.15, 0.2) is 5.69 Å². The molecule has 0 aliphatic heterocycles. The summed E-state index contributed by atoms with van der Waals surface area (Å²) in [5.41, 5.74) is 2.66. The zero-order valence-electron chi connectivity index (χ0n) is 11.2. The number of nitrogens with two attached hydrogens (primary N) is 1. The van der Waals surface area contributed by atoms with Crippen LogP contribution in [0.1, 0.15) is 18.2 Å². The summed E-state index contributed by atoms with van der Waals surface area (Å²) in [6.07, 6.45) is -3.75. The van der Waals surface area contributed by atoms with E-state index in [1.807, 2.05) is 30.5 Å². The van der Waals surface area contributed by atoms with Gasteiger partial charge in [-0.2, -0.15) is 18.2 Å². The van der Waals surface area contributed by atoms with Crippen LogP contribution in [0.3, 0.4) is 0 Å². The van der Waals surface area contributed by atoms with Crippen LogP contribution in [0.2, 0.25) is 0 Å². The molecule has 2 aromatic rings. The number of alkyl halides is 3. The lowest BCUT2D eigenvalue weighted by atomic mass is 10.1. The second-order valence-corrected chi connectivity index (χ2v) is 4.28. The molecule has 8 heteroatoms. The van der Waals surface area contributed by atoms with Crippen molar-refractivity contribution in [1.82, 2.24) is 9.97 Å². The van der Waals surface area contributed by atoms with Crippen LogP contribution in [0.15, 0.2) is 30.3 Å². The highest BCUT2D eigenvalue weighted by atomic mass is 19.4. The van der Waals surface area contributed by atoms with Crippen LogP contribution in [0.25, 0.3) is 0 Å². The molecule has 0 bridgehead atoms. The van der Waals surface area contributed by atoms with E-state index in [9.17, 15) is 13.2 Å². The van der Waals surface area contributed by atoms with Gasteiger partial charge in [0.05, 0.1) is 0 Å². The van der Waals surface area contributed by atoms with Crippen molar-refractivity contribution < 1.29 is 13.2 Å². The van der Waals surface area contributed by atoms with Gasteiger partial charge < -0.3 is 5.32 Å². The number of rotatable bonds is 4. The van der Waals surface area contributed by atoms with Gasteiger partial charge in [-0.25, -0.2) is 10.8 Å². The molecule has 0 unspecified atom stereocenters. The van der Waals surface area contributed by atoms with Crippen molar-refractivity contribution in [2.75, 3.05) is 10.7 Å². The topological polar surface area (TPSA) is 75.9 Å². The minimum Gasteiger partial charge on any atom is -0.340 e. The highest BCUT2D eigenvalue weighted by Crippen LogP contribution is 2.30. The van der Waals surface area contributed by atoms with Gasteiger partial charge >= 0.3 is 6.18 Å². The molecule has 0 radical (unpaired) electrons. The Balaban J connectivity index is 2.34. The van der Waals surface area contributed by atoms with E-state index in [-0.39, 0.29) is 11.8 Å². The van der Waals surface area contributed by atoms with Gasteiger partial charge in [-0.3, -0.25) is 5.43 Å². The molecular weight excluding hydrogens is 283 g/mol. The number of nitrogens with one attached hydrogen (secondary N) is 2. The van der Waals surface area contributed by atoms with E-state index in [1.165, 1.54) is 0 Å². The first kappa shape index (κ1) is 15.0. The van der Waals surface area contributed by atoms with Crippen molar-refractivity contribution in [2.24, 2.45) is 5.84 Å². The van der Waals surface area contributed by atoms with E-state index in [4.69, 9.17) is 5.84 Å². The highest BCUT2D eigenvalue weighted by molar-refractivity contribution is 5.58. The third-order valence-corrected chi connectivity index (χ3v) is 2.75. The SMILES string of the molecule is CCc1cccc(Nc2cc(C(F)(F)F)nc(NN)n2)c1. The Hall–Kier alpha value is -2.35. The molecule has 0 saturated carbocycles. The first-order chi connectivity index (χ1) is 9.92. The predicted octanol–water partition coefficient (Wildman–Crippen LogP) is 3.09. The molecule has 1 heterocycles. The minimum atomic E-state index is -4.57. The molecule has 21 heavy (non-hydrogen) atoms. The van der Waals surface area contributed by atoms with Crippen LogP contribution in [0, 0.1) is 0 Å². The van der Waals surface area contributed by atoms with E-state index in [2.05, 4.69) is 15.3 Å². The fourth-order valence-electron chi connectivity index (χ4n) is 1.74. The van der Waals surface area contributed by atoms with E-state index in [1.54, 1.807) is 6.07 Å². The molecule has 5 nitrogen and oxygen atoms in total. The first-order valence-corrected chi connectivity index (χ1v) is 6.21. The Morgan fingerprint density at radius 1 is 1.19 bits per heavy atom. The molecule has 1 aromatic carbocycles. The van der Waals surface area contributed by atoms with Gasteiger partial charge in [-0.05, 0) is 24.1 Å². The molecule has 0 aliphatic rings. The van der Waals surface area contributed by atoms with Gasteiger partial charge in [0.2, 0.25) is 5.95 Å². The fraction of sp³-hybridized carbons (Fsp3) is 0.231. The molecule has 112 valence electrons. The lowest BCUT2D eigenvalue weighted by Gasteiger charge is -2.12. The number of anilines is 3. The number of hydrazine groups is 1. The number of hydrogen-bond donors (Lipinski definition) is 3. The van der Waals surface area contributed by atoms with E-state index in [0.717, 1.165) is 18.1 Å². The van der Waals surface area contributed by atoms with Crippen molar-refractivity contribution in [3.63, 3.8) is 0 Å². The predicted molar refractivity (Wildman–Crippen MR) is 73.9 cm³/mol. The monoisotopic (exact) mass is 297 g/mol. The second kappa shape index (κ2) is 5.96. The van der Waals surface area contributed by atoms with E-state index in [0.29, 0.717) is 5.69 Å². The quantitative estimate of drug-likeness (QED) is 0.597. The van der Waals surface area contributed by atoms with Crippen LogP contribution in [-0.2, 0) is 12.6 Å². The highest BCUT2D eigenvalue weighted by Gasteiger charge is 2.33. The third kappa shape index (κ3) is 3.82. The Bertz CT molecular complexity index is 627. The summed E-state index contributed by atoms with van der Waals surface area (Å²) in [6, 6.07) is 8.16. The van der Waals surface area contributed by atoms with Gasteiger partial charge in [-0.1, -0.05) is 19.1 Å². The van der Waals surface area contributed by atoms with Gasteiger partial charge in [0.25, 0.3) is 0 Å². The standard InChI is InChI=1S/C13H14F3N5/c1-2-8-4-3-5-9(6-8)18-11-7-10(13(14,15)16)19-12(20-11)21-17/h3-7H,2,17H2,1H3,(H2,18,19,20,21). The van der Waals surface area contributed by atoms with E-state index < -0.39 is 11.9 Å². The number of aryl methyl sites for hydroxylation is 1. The molecule has 1 aromatic heterocycles. The molecule has 0 fully saturated rings. The maximum atomic E-state index is 12.8. The smallest absolute Gasteiger partial charge is 0.340 e. The van der Waals surface area contributed by atoms with Crippen LogP contribution in [0.5, 0.6) is 0 Å². The molecule has 0 spiro atoms. The molecule has 0 saturated heterocycles. The summed E-state index contributed by atoms with van der Waals surface area (Å²) in [7, 11) is 0. The molecular formula is C13H14F3N5. The van der Waals surface area contributed by atoms with Crippen LogP contribution in [0.4, 0.5) is 30.6 Å². The summed E-state index contributed by atoms with van der Waals surface area (Å²) in [4.78, 5) is 7.14. The van der Waals surface area contributed by atoms with Gasteiger partial charge in [-0.15, -0.1) is 0 Å². The normalized spacial score (nSPS) is 11.3. The lowest BCUT2D eigenvalue weighted by Crippen LogP contribution is -2.16. The number of benzene rings is 1. The molecule has 0 amide bonds. The minimum absolute atomic E-state index is 0.0125. The maximum Gasteiger partial charge on any atom is 0.433 e. The zero-order chi connectivity index (χ0) is 15.5. The summed E-state index contributed by atoms with van der Waals surface area (Å²) in [5, 5.41) is 2.82. The Morgan fingerprint density at radius 3 is 2.57 bits per heavy atom. The summed E-state index contributed by atoms with van der Waals surface area (Å²) < 4.78 is 38.3. The number of nitrogens with zero attached hydrogens (tertiary/aromatic N) is 2. The largest absolute Gasteiger partial charge is 0.433 e. The average molecular weight is 297 g/mol. The van der Waals surface area contributed by atoms with Gasteiger partial charge in [0.1, 0.15) is 5.82 Å². The average Bonchev–Trinajstić information content (AvgIpc) is 2.46. The number of aromatic nitrogens is 2. The van der Waals surface area contributed by atoms with Crippen molar-refractivity contribution in [2.45, 2.75) is 19.5 Å². The van der Waals surface area contributed by atoms with Gasteiger partial charge in [0, 0.05) is 11.8 Å². The fourth-order valence-corrected chi connectivity index (χ4v) is 1.74. The molecule has 0 atom stereocenters. The van der Waals surface area contributed by atoms with Crippen LogP contribution in [-0.4, -0.2) is 9.97 Å². The maximum absolute atomic E-state index is 12.8. The third-order valence-electron chi connectivity index (χ3n) is 2.75. The zero-order valence-corrected chi connectivity index (χ0v) is 11.2. The van der Waals surface area contributed by atoms with Crippen LogP contribution < -0.4 is 16.6 Å². The van der Waals surface area contributed by atoms with Crippen molar-refractivity contribution in [3.8, 4) is 0 Å². The Morgan fingerprint density at radius 2 is 1.95 bits per heavy atom. The molecule has 4 N–H and O–H groups in total. The summed E-state index contributed by atoms with van der Waals surface area (Å²) >= 11 is 0. The van der Waals surface area contributed by atoms with Crippen LogP contribution >= 0.6 is 0 Å². The Labute approximate surface area is 119 Å². The number of halogens is 3. The Kier molecular flexibility index (Phi) is 4.27. The van der Waals surface area contributed by atoms with Crippen molar-refractivity contribution >= 4 is 17.5 Å². The van der Waals surface area contributed by atoms with Crippen molar-refractivity contribution in [3.05, 3.63) is 41.6 Å². The summed E-state index contributed by atoms with van der Waals surface area (Å²) in [5.74, 6) is 4.81. The first-order valence-electron chi connectivity index (χ1n) is 6.21. The van der Waals surface area contributed by atoms with E-state index >= 15 is 0 Å².